The number of carbonyl (C=O) groups excluding carboxylic acids is 1. The number of nitrogens with zero attached hydrogens (tertiary/aromatic N) is 1. The fourth-order valence-electron chi connectivity index (χ4n) is 1.80. The van der Waals surface area contributed by atoms with Crippen molar-refractivity contribution in [2.75, 3.05) is 5.32 Å². The van der Waals surface area contributed by atoms with Gasteiger partial charge >= 0.3 is 0 Å². The Kier molecular flexibility index (Phi) is 2.48. The zero-order chi connectivity index (χ0) is 10.9. The van der Waals surface area contributed by atoms with Crippen LogP contribution in [0.5, 0.6) is 0 Å². The average molecular weight is 208 g/mol. The highest BCUT2D eigenvalue weighted by Crippen LogP contribution is 2.32. The van der Waals surface area contributed by atoms with E-state index in [4.69, 9.17) is 5.73 Å². The van der Waals surface area contributed by atoms with Crippen LogP contribution in [0, 0.1) is 6.92 Å². The molecule has 5 nitrogen and oxygen atoms in total. The summed E-state index contributed by atoms with van der Waals surface area (Å²) in [5, 5.41) is 9.43. The number of aryl methyl sites for hydroxylation is 1. The molecule has 15 heavy (non-hydrogen) atoms. The van der Waals surface area contributed by atoms with Gasteiger partial charge in [0.1, 0.15) is 0 Å². The summed E-state index contributed by atoms with van der Waals surface area (Å²) in [5.74, 6) is 0.518. The molecule has 0 radical (unpaired) electrons. The van der Waals surface area contributed by atoms with Gasteiger partial charge in [-0.15, -0.1) is 0 Å². The Hall–Kier alpha value is -1.36. The van der Waals surface area contributed by atoms with Crippen molar-refractivity contribution >= 4 is 11.7 Å². The maximum absolute atomic E-state index is 11.6. The van der Waals surface area contributed by atoms with E-state index in [0.29, 0.717) is 12.2 Å². The number of rotatable bonds is 3. The van der Waals surface area contributed by atoms with Gasteiger partial charge in [-0.1, -0.05) is 0 Å². The Morgan fingerprint density at radius 3 is 2.93 bits per heavy atom. The molecular formula is C10H16N4O. The van der Waals surface area contributed by atoms with E-state index in [9.17, 15) is 4.79 Å². The minimum absolute atomic E-state index is 0.0521. The van der Waals surface area contributed by atoms with E-state index in [2.05, 4.69) is 15.5 Å². The number of hydrogen-bond donors (Lipinski definition) is 3. The molecule has 1 saturated carbocycles. The van der Waals surface area contributed by atoms with Crippen LogP contribution in [-0.4, -0.2) is 21.6 Å². The second-order valence-corrected chi connectivity index (χ2v) is 4.38. The van der Waals surface area contributed by atoms with E-state index in [-0.39, 0.29) is 11.4 Å². The molecule has 1 aliphatic carbocycles. The molecule has 1 aromatic heterocycles. The predicted octanol–water partition coefficient (Wildman–Crippen LogP) is 0.928. The number of amides is 1. The normalized spacial score (nSPS) is 18.3. The molecule has 1 fully saturated rings. The second-order valence-electron chi connectivity index (χ2n) is 4.38. The van der Waals surface area contributed by atoms with Gasteiger partial charge in [-0.2, -0.15) is 5.10 Å². The molecule has 4 N–H and O–H groups in total. The molecule has 0 aromatic carbocycles. The quantitative estimate of drug-likeness (QED) is 0.690. The minimum Gasteiger partial charge on any atom is -0.325 e. The van der Waals surface area contributed by atoms with Crippen molar-refractivity contribution < 1.29 is 4.79 Å². The van der Waals surface area contributed by atoms with E-state index in [1.54, 1.807) is 6.07 Å². The number of carbonyl (C=O) groups is 1. The first-order valence-corrected chi connectivity index (χ1v) is 5.18. The van der Waals surface area contributed by atoms with Gasteiger partial charge in [0, 0.05) is 23.7 Å². The Labute approximate surface area is 88.4 Å². The summed E-state index contributed by atoms with van der Waals surface area (Å²) in [5.41, 5.74) is 6.63. The van der Waals surface area contributed by atoms with E-state index in [1.807, 2.05) is 6.92 Å². The lowest BCUT2D eigenvalue weighted by molar-refractivity contribution is -0.118. The third-order valence-electron chi connectivity index (χ3n) is 2.84. The van der Waals surface area contributed by atoms with Crippen LogP contribution < -0.4 is 11.1 Å². The van der Waals surface area contributed by atoms with Crippen LogP contribution in [0.2, 0.25) is 0 Å². The van der Waals surface area contributed by atoms with Crippen LogP contribution in [0.4, 0.5) is 5.82 Å². The van der Waals surface area contributed by atoms with E-state index >= 15 is 0 Å². The molecule has 0 saturated heterocycles. The first kappa shape index (κ1) is 10.2. The van der Waals surface area contributed by atoms with Crippen LogP contribution in [0.15, 0.2) is 6.07 Å². The second kappa shape index (κ2) is 3.66. The SMILES string of the molecule is Cc1cc(NC(=O)CC2(N)CCC2)n[nH]1. The van der Waals surface area contributed by atoms with Crippen molar-refractivity contribution in [2.45, 2.75) is 38.1 Å². The lowest BCUT2D eigenvalue weighted by Crippen LogP contribution is -2.48. The topological polar surface area (TPSA) is 83.8 Å². The first-order valence-electron chi connectivity index (χ1n) is 5.18. The van der Waals surface area contributed by atoms with Crippen LogP contribution >= 0.6 is 0 Å². The van der Waals surface area contributed by atoms with Gasteiger partial charge in [0.2, 0.25) is 5.91 Å². The number of anilines is 1. The fourth-order valence-corrected chi connectivity index (χ4v) is 1.80. The number of nitrogens with one attached hydrogen (secondary N) is 2. The molecule has 1 aliphatic rings. The van der Waals surface area contributed by atoms with Gasteiger partial charge in [-0.05, 0) is 26.2 Å². The van der Waals surface area contributed by atoms with Crippen molar-refractivity contribution in [3.05, 3.63) is 11.8 Å². The smallest absolute Gasteiger partial charge is 0.227 e. The zero-order valence-corrected chi connectivity index (χ0v) is 8.84. The summed E-state index contributed by atoms with van der Waals surface area (Å²) in [7, 11) is 0. The van der Waals surface area contributed by atoms with Crippen molar-refractivity contribution in [3.63, 3.8) is 0 Å². The Morgan fingerprint density at radius 1 is 1.73 bits per heavy atom. The molecule has 0 atom stereocenters. The Morgan fingerprint density at radius 2 is 2.47 bits per heavy atom. The zero-order valence-electron chi connectivity index (χ0n) is 8.84. The van der Waals surface area contributed by atoms with Gasteiger partial charge in [-0.25, -0.2) is 0 Å². The summed E-state index contributed by atoms with van der Waals surface area (Å²) < 4.78 is 0. The maximum Gasteiger partial charge on any atom is 0.227 e. The fraction of sp³-hybridized carbons (Fsp3) is 0.600. The van der Waals surface area contributed by atoms with Crippen molar-refractivity contribution in [1.82, 2.24) is 10.2 Å². The molecule has 0 unspecified atom stereocenters. The largest absolute Gasteiger partial charge is 0.325 e. The number of nitrogens with two attached hydrogens (primary N) is 1. The number of H-pyrrole nitrogens is 1. The molecule has 0 aliphatic heterocycles. The monoisotopic (exact) mass is 208 g/mol. The van der Waals surface area contributed by atoms with Crippen LogP contribution in [0.1, 0.15) is 31.4 Å². The molecule has 82 valence electrons. The number of aromatic amines is 1. The van der Waals surface area contributed by atoms with Crippen LogP contribution in [0.25, 0.3) is 0 Å². The molecular weight excluding hydrogens is 192 g/mol. The lowest BCUT2D eigenvalue weighted by atomic mass is 9.75. The van der Waals surface area contributed by atoms with E-state index in [0.717, 1.165) is 25.0 Å². The molecule has 1 amide bonds. The molecule has 0 spiro atoms. The maximum atomic E-state index is 11.6. The third kappa shape index (κ3) is 2.36. The highest BCUT2D eigenvalue weighted by Gasteiger charge is 2.34. The Balaban J connectivity index is 1.87. The van der Waals surface area contributed by atoms with E-state index < -0.39 is 0 Å². The summed E-state index contributed by atoms with van der Waals surface area (Å²) in [6.07, 6.45) is 3.41. The molecule has 2 rings (SSSR count). The lowest BCUT2D eigenvalue weighted by Gasteiger charge is -2.37. The van der Waals surface area contributed by atoms with Crippen molar-refractivity contribution in [3.8, 4) is 0 Å². The minimum atomic E-state index is -0.268. The van der Waals surface area contributed by atoms with Crippen LogP contribution in [0.3, 0.4) is 0 Å². The van der Waals surface area contributed by atoms with Gasteiger partial charge in [0.05, 0.1) is 0 Å². The van der Waals surface area contributed by atoms with Crippen molar-refractivity contribution in [2.24, 2.45) is 5.73 Å². The summed E-state index contributed by atoms with van der Waals surface area (Å²) >= 11 is 0. The number of aromatic nitrogens is 2. The molecule has 5 heteroatoms. The van der Waals surface area contributed by atoms with Gasteiger partial charge in [0.25, 0.3) is 0 Å². The average Bonchev–Trinajstić information content (AvgIpc) is 2.48. The highest BCUT2D eigenvalue weighted by atomic mass is 16.1. The van der Waals surface area contributed by atoms with Gasteiger partial charge in [-0.3, -0.25) is 9.89 Å². The molecule has 1 aromatic rings. The molecule has 0 bridgehead atoms. The standard InChI is InChI=1S/C10H16N4O/c1-7-5-8(14-13-7)12-9(15)6-10(11)3-2-4-10/h5H,2-4,6,11H2,1H3,(H2,12,13,14,15). The van der Waals surface area contributed by atoms with Gasteiger partial charge in [0.15, 0.2) is 5.82 Å². The highest BCUT2D eigenvalue weighted by molar-refractivity contribution is 5.90. The third-order valence-corrected chi connectivity index (χ3v) is 2.84. The summed E-state index contributed by atoms with van der Waals surface area (Å²) in [6, 6.07) is 1.79. The van der Waals surface area contributed by atoms with E-state index in [1.165, 1.54) is 0 Å². The summed E-state index contributed by atoms with van der Waals surface area (Å²) in [4.78, 5) is 11.6. The van der Waals surface area contributed by atoms with Crippen molar-refractivity contribution in [1.29, 1.82) is 0 Å². The number of hydrogen-bond acceptors (Lipinski definition) is 3. The van der Waals surface area contributed by atoms with Crippen LogP contribution in [-0.2, 0) is 4.79 Å². The Bertz CT molecular complexity index is 367. The molecule has 1 heterocycles. The summed E-state index contributed by atoms with van der Waals surface area (Å²) in [6.45, 7) is 1.89. The van der Waals surface area contributed by atoms with Gasteiger partial charge < -0.3 is 11.1 Å². The first-order chi connectivity index (χ1) is 7.07. The predicted molar refractivity (Wildman–Crippen MR) is 57.3 cm³/mol.